The molecule has 1 saturated carbocycles. The minimum atomic E-state index is -0.240. The van der Waals surface area contributed by atoms with Gasteiger partial charge in [0.2, 0.25) is 0 Å². The van der Waals surface area contributed by atoms with Crippen molar-refractivity contribution in [3.8, 4) is 0 Å². The van der Waals surface area contributed by atoms with Crippen molar-refractivity contribution in [2.24, 2.45) is 5.92 Å². The van der Waals surface area contributed by atoms with Crippen LogP contribution in [0.1, 0.15) is 163 Å². The second-order valence-electron chi connectivity index (χ2n) is 13.2. The van der Waals surface area contributed by atoms with Gasteiger partial charge in [0.25, 0.3) is 0 Å². The number of esters is 2. The van der Waals surface area contributed by atoms with Gasteiger partial charge in [-0.1, -0.05) is 110 Å². The zero-order valence-corrected chi connectivity index (χ0v) is 30.1. The van der Waals surface area contributed by atoms with Crippen LogP contribution < -0.4 is 10.6 Å². The number of nitrogens with zero attached hydrogens (tertiary/aromatic N) is 1. The van der Waals surface area contributed by atoms with Crippen molar-refractivity contribution in [2.45, 2.75) is 143 Å². The Bertz CT molecular complexity index is 1060. The van der Waals surface area contributed by atoms with Gasteiger partial charge in [0.05, 0.1) is 24.3 Å². The minimum absolute atomic E-state index is 0.198. The normalized spacial score (nSPS) is 13.0. The molecule has 1 fully saturated rings. The van der Waals surface area contributed by atoms with E-state index in [4.69, 9.17) is 15.2 Å². The lowest BCUT2D eigenvalue weighted by Crippen LogP contribution is -2.21. The van der Waals surface area contributed by atoms with Gasteiger partial charge in [-0.2, -0.15) is 0 Å². The Labute approximate surface area is 287 Å². The van der Waals surface area contributed by atoms with Crippen LogP contribution in [-0.2, 0) is 9.47 Å². The van der Waals surface area contributed by atoms with Crippen LogP contribution in [0.2, 0.25) is 0 Å². The largest absolute Gasteiger partial charge is 0.462 e. The minimum Gasteiger partial charge on any atom is -0.462 e. The van der Waals surface area contributed by atoms with Crippen LogP contribution in [0.3, 0.4) is 0 Å². The molecule has 1 aliphatic rings. The number of rotatable bonds is 22. The van der Waals surface area contributed by atoms with E-state index in [9.17, 15) is 9.59 Å². The van der Waals surface area contributed by atoms with Crippen LogP contribution >= 0.6 is 0 Å². The van der Waals surface area contributed by atoms with Gasteiger partial charge in [-0.15, -0.1) is 0 Å². The number of carbonyl (C=O) groups is 2. The number of ether oxygens (including phenoxy) is 2. The Morgan fingerprint density at radius 3 is 1.55 bits per heavy atom. The summed E-state index contributed by atoms with van der Waals surface area (Å²) < 4.78 is 10.8. The molecule has 47 heavy (non-hydrogen) atoms. The van der Waals surface area contributed by atoms with Crippen molar-refractivity contribution in [3.05, 3.63) is 59.7 Å². The first-order chi connectivity index (χ1) is 23.0. The molecular weight excluding hydrogens is 584 g/mol. The maximum absolute atomic E-state index is 12.2. The molecule has 3 rings (SSSR count). The van der Waals surface area contributed by atoms with E-state index in [-0.39, 0.29) is 11.9 Å². The lowest BCUT2D eigenvalue weighted by molar-refractivity contribution is 0.0409. The number of benzene rings is 2. The highest BCUT2D eigenvalue weighted by atomic mass is 16.5. The fourth-order valence-electron chi connectivity index (χ4n) is 6.19. The number of anilines is 2. The SMILES string of the molecule is CCCCCCCCCCCCCCCCOC(=O)c1ccc(N(CC)CC)cc1.Nc1ccc(C(=O)OCC2CCCCC2)cc1. The molecule has 264 valence electrons. The van der Waals surface area contributed by atoms with E-state index < -0.39 is 0 Å². The second kappa shape index (κ2) is 26.0. The van der Waals surface area contributed by atoms with E-state index in [0.29, 0.717) is 35.9 Å². The molecule has 0 heterocycles. The average molecular weight is 651 g/mol. The topological polar surface area (TPSA) is 81.9 Å². The van der Waals surface area contributed by atoms with Gasteiger partial charge in [0.15, 0.2) is 0 Å². The third kappa shape index (κ3) is 18.2. The molecule has 6 nitrogen and oxygen atoms in total. The quantitative estimate of drug-likeness (QED) is 0.0776. The summed E-state index contributed by atoms with van der Waals surface area (Å²) in [5, 5.41) is 0. The molecule has 0 spiro atoms. The monoisotopic (exact) mass is 651 g/mol. The van der Waals surface area contributed by atoms with E-state index in [2.05, 4.69) is 25.7 Å². The van der Waals surface area contributed by atoms with Gasteiger partial charge in [-0.3, -0.25) is 0 Å². The molecule has 0 aromatic heterocycles. The lowest BCUT2D eigenvalue weighted by atomic mass is 9.90. The Morgan fingerprint density at radius 2 is 1.06 bits per heavy atom. The maximum Gasteiger partial charge on any atom is 0.338 e. The Hall–Kier alpha value is -3.02. The molecular formula is C41H66N2O4. The summed E-state index contributed by atoms with van der Waals surface area (Å²) in [6.45, 7) is 9.60. The molecule has 0 atom stereocenters. The van der Waals surface area contributed by atoms with Gasteiger partial charge in [0, 0.05) is 24.5 Å². The summed E-state index contributed by atoms with van der Waals surface area (Å²) in [4.78, 5) is 26.2. The molecule has 6 heteroatoms. The third-order valence-corrected chi connectivity index (χ3v) is 9.28. The summed E-state index contributed by atoms with van der Waals surface area (Å²) >= 11 is 0. The molecule has 2 aromatic carbocycles. The van der Waals surface area contributed by atoms with Crippen molar-refractivity contribution in [2.75, 3.05) is 36.9 Å². The third-order valence-electron chi connectivity index (χ3n) is 9.28. The fourth-order valence-corrected chi connectivity index (χ4v) is 6.19. The predicted octanol–water partition coefficient (Wildman–Crippen LogP) is 11.2. The maximum atomic E-state index is 12.2. The fraction of sp³-hybridized carbons (Fsp3) is 0.659. The van der Waals surface area contributed by atoms with Crippen LogP contribution in [0, 0.1) is 5.92 Å². The second-order valence-corrected chi connectivity index (χ2v) is 13.2. The highest BCUT2D eigenvalue weighted by Gasteiger charge is 2.16. The number of nitrogens with two attached hydrogens (primary N) is 1. The summed E-state index contributed by atoms with van der Waals surface area (Å²) in [7, 11) is 0. The van der Waals surface area contributed by atoms with Crippen LogP contribution in [0.15, 0.2) is 48.5 Å². The van der Waals surface area contributed by atoms with Crippen molar-refractivity contribution >= 4 is 23.3 Å². The Morgan fingerprint density at radius 1 is 0.617 bits per heavy atom. The highest BCUT2D eigenvalue weighted by molar-refractivity contribution is 5.90. The van der Waals surface area contributed by atoms with Gasteiger partial charge >= 0.3 is 11.9 Å². The molecule has 0 bridgehead atoms. The number of carbonyl (C=O) groups excluding carboxylic acids is 2. The van der Waals surface area contributed by atoms with Crippen molar-refractivity contribution < 1.29 is 19.1 Å². The Kier molecular flexibility index (Phi) is 22.2. The molecule has 0 amide bonds. The summed E-state index contributed by atoms with van der Waals surface area (Å²) in [5.74, 6) is 0.118. The molecule has 2 aromatic rings. The van der Waals surface area contributed by atoms with Crippen molar-refractivity contribution in [1.29, 1.82) is 0 Å². The van der Waals surface area contributed by atoms with E-state index >= 15 is 0 Å². The molecule has 1 aliphatic carbocycles. The molecule has 2 N–H and O–H groups in total. The smallest absolute Gasteiger partial charge is 0.338 e. The molecule has 0 radical (unpaired) electrons. The molecule has 0 aliphatic heterocycles. The first kappa shape index (κ1) is 40.2. The van der Waals surface area contributed by atoms with Crippen LogP contribution in [0.25, 0.3) is 0 Å². The number of hydrogen-bond acceptors (Lipinski definition) is 6. The average Bonchev–Trinajstić information content (AvgIpc) is 3.10. The van der Waals surface area contributed by atoms with Gasteiger partial charge in [-0.05, 0) is 87.6 Å². The zero-order valence-electron chi connectivity index (χ0n) is 30.1. The predicted molar refractivity (Wildman–Crippen MR) is 198 cm³/mol. The number of nitrogen functional groups attached to an aromatic ring is 1. The first-order valence-corrected chi connectivity index (χ1v) is 19.0. The zero-order chi connectivity index (χ0) is 34.0. The first-order valence-electron chi connectivity index (χ1n) is 19.0. The molecule has 0 unspecified atom stereocenters. The van der Waals surface area contributed by atoms with Gasteiger partial charge < -0.3 is 20.1 Å². The van der Waals surface area contributed by atoms with E-state index in [1.807, 2.05) is 24.3 Å². The summed E-state index contributed by atoms with van der Waals surface area (Å²) in [6, 6.07) is 14.6. The lowest BCUT2D eigenvalue weighted by Gasteiger charge is -2.21. The van der Waals surface area contributed by atoms with Crippen LogP contribution in [0.4, 0.5) is 11.4 Å². The van der Waals surface area contributed by atoms with Crippen LogP contribution in [-0.4, -0.2) is 38.2 Å². The van der Waals surface area contributed by atoms with E-state index in [0.717, 1.165) is 31.6 Å². The van der Waals surface area contributed by atoms with Crippen molar-refractivity contribution in [3.63, 3.8) is 0 Å². The van der Waals surface area contributed by atoms with Gasteiger partial charge in [0.1, 0.15) is 0 Å². The highest BCUT2D eigenvalue weighted by Crippen LogP contribution is 2.24. The van der Waals surface area contributed by atoms with E-state index in [1.54, 1.807) is 24.3 Å². The van der Waals surface area contributed by atoms with Crippen LogP contribution in [0.5, 0.6) is 0 Å². The standard InChI is InChI=1S/C27H47NO2.C14H19NO2/c1-4-7-8-9-10-11-12-13-14-15-16-17-18-19-24-30-27(29)25-20-22-26(23-21-25)28(5-2)6-3;15-13-8-6-12(7-9-13)14(16)17-10-11-4-2-1-3-5-11/h20-23H,4-19,24H2,1-3H3;6-9,11H,1-5,10,15H2. The summed E-state index contributed by atoms with van der Waals surface area (Å²) in [5.41, 5.74) is 8.61. The van der Waals surface area contributed by atoms with Crippen molar-refractivity contribution in [1.82, 2.24) is 0 Å². The Balaban J connectivity index is 0.000000378. The van der Waals surface area contributed by atoms with E-state index in [1.165, 1.54) is 109 Å². The van der Waals surface area contributed by atoms with Gasteiger partial charge in [-0.25, -0.2) is 9.59 Å². The number of hydrogen-bond donors (Lipinski definition) is 1. The number of unbranched alkanes of at least 4 members (excludes halogenated alkanes) is 13. The molecule has 0 saturated heterocycles. The summed E-state index contributed by atoms with van der Waals surface area (Å²) in [6.07, 6.45) is 25.0.